The number of hydrogen-bond acceptors (Lipinski definition) is 2. The van der Waals surface area contributed by atoms with Crippen LogP contribution in [0.3, 0.4) is 0 Å². The highest BCUT2D eigenvalue weighted by Crippen LogP contribution is 2.15. The van der Waals surface area contributed by atoms with Crippen LogP contribution in [-0.4, -0.2) is 9.55 Å². The fourth-order valence-electron chi connectivity index (χ4n) is 2.37. The molecule has 0 bridgehead atoms. The third-order valence-corrected chi connectivity index (χ3v) is 3.58. The maximum atomic E-state index is 13.1. The Morgan fingerprint density at radius 3 is 2.91 bits per heavy atom. The topological polar surface area (TPSA) is 34.9 Å². The molecule has 0 saturated heterocycles. The van der Waals surface area contributed by atoms with E-state index in [1.54, 1.807) is 6.08 Å². The van der Waals surface area contributed by atoms with E-state index in [2.05, 4.69) is 4.98 Å². The van der Waals surface area contributed by atoms with Crippen molar-refractivity contribution in [1.29, 1.82) is 0 Å². The van der Waals surface area contributed by atoms with Gasteiger partial charge in [0.1, 0.15) is 11.6 Å². The second kappa shape index (κ2) is 6.05. The lowest BCUT2D eigenvalue weighted by molar-refractivity contribution is 0.628. The van der Waals surface area contributed by atoms with Gasteiger partial charge >= 0.3 is 0 Å². The van der Waals surface area contributed by atoms with E-state index < -0.39 is 5.82 Å². The molecule has 2 aromatic rings. The maximum Gasteiger partial charge on any atom is 0.261 e. The molecule has 3 rings (SSSR count). The first-order chi connectivity index (χ1) is 10.6. The number of fused-ring (bicyclic) bond motifs is 1. The molecule has 5 heteroatoms. The minimum absolute atomic E-state index is 0.201. The normalized spacial score (nSPS) is 14.6. The smallest absolute Gasteiger partial charge is 0.261 e. The Morgan fingerprint density at radius 2 is 2.05 bits per heavy atom. The number of aryl methyl sites for hydroxylation is 1. The number of allylic oxidation sites excluding steroid dienone is 6. The summed E-state index contributed by atoms with van der Waals surface area (Å²) in [5.74, 6) is -0.668. The zero-order valence-corrected chi connectivity index (χ0v) is 11.8. The molecular formula is C17H14F2N2O. The van der Waals surface area contributed by atoms with E-state index in [4.69, 9.17) is 0 Å². The molecule has 112 valence electrons. The highest BCUT2D eigenvalue weighted by molar-refractivity contribution is 5.77. The highest BCUT2D eigenvalue weighted by atomic mass is 19.1. The van der Waals surface area contributed by atoms with Crippen LogP contribution < -0.4 is 5.56 Å². The lowest BCUT2D eigenvalue weighted by atomic mass is 10.1. The molecule has 0 N–H and O–H groups in total. The Morgan fingerprint density at radius 1 is 1.18 bits per heavy atom. The zero-order valence-electron chi connectivity index (χ0n) is 11.8. The van der Waals surface area contributed by atoms with Crippen LogP contribution in [0, 0.1) is 5.82 Å². The second-order valence-corrected chi connectivity index (χ2v) is 5.09. The van der Waals surface area contributed by atoms with E-state index in [-0.39, 0.29) is 11.4 Å². The number of benzene rings is 1. The minimum atomic E-state index is -0.416. The lowest BCUT2D eigenvalue weighted by Gasteiger charge is -2.07. The van der Waals surface area contributed by atoms with E-state index in [0.29, 0.717) is 30.3 Å². The number of nitrogens with zero attached hydrogens (tertiary/aromatic N) is 2. The predicted molar refractivity (Wildman–Crippen MR) is 81.6 cm³/mol. The number of rotatable bonds is 3. The van der Waals surface area contributed by atoms with Gasteiger partial charge in [-0.25, -0.2) is 13.8 Å². The molecule has 3 nitrogen and oxygen atoms in total. The van der Waals surface area contributed by atoms with Crippen molar-refractivity contribution in [3.63, 3.8) is 0 Å². The molecule has 0 atom stereocenters. The summed E-state index contributed by atoms with van der Waals surface area (Å²) in [6, 6.07) is 3.94. The van der Waals surface area contributed by atoms with Crippen molar-refractivity contribution >= 4 is 10.9 Å². The van der Waals surface area contributed by atoms with Gasteiger partial charge in [-0.3, -0.25) is 9.36 Å². The highest BCUT2D eigenvalue weighted by Gasteiger charge is 2.06. The molecule has 1 aromatic heterocycles. The molecule has 0 amide bonds. The van der Waals surface area contributed by atoms with Crippen molar-refractivity contribution in [2.24, 2.45) is 0 Å². The quantitative estimate of drug-likeness (QED) is 0.867. The summed E-state index contributed by atoms with van der Waals surface area (Å²) in [5, 5.41) is 0.391. The average molecular weight is 300 g/mol. The summed E-state index contributed by atoms with van der Waals surface area (Å²) >= 11 is 0. The third-order valence-electron chi connectivity index (χ3n) is 3.58. The van der Waals surface area contributed by atoms with Crippen LogP contribution in [0.25, 0.3) is 10.9 Å². The standard InChI is InChI=1S/C17H14F2N2O/c18-13-3-1-2-12(4-5-13)8-9-21-11-20-16-10-14(19)6-7-15(16)17(21)22/h2-7,10-11H,1,8-9H2. The molecule has 1 aromatic carbocycles. The van der Waals surface area contributed by atoms with Crippen LogP contribution in [-0.2, 0) is 6.54 Å². The molecule has 1 heterocycles. The third kappa shape index (κ3) is 3.03. The monoisotopic (exact) mass is 300 g/mol. The Kier molecular flexibility index (Phi) is 3.96. The van der Waals surface area contributed by atoms with Crippen LogP contribution in [0.2, 0.25) is 0 Å². The Labute approximate surface area is 125 Å². The zero-order chi connectivity index (χ0) is 15.5. The van der Waals surface area contributed by atoms with Crippen molar-refractivity contribution in [1.82, 2.24) is 9.55 Å². The summed E-state index contributed by atoms with van der Waals surface area (Å²) in [4.78, 5) is 16.4. The first-order valence-corrected chi connectivity index (χ1v) is 7.01. The van der Waals surface area contributed by atoms with Gasteiger partial charge in [0.05, 0.1) is 17.2 Å². The van der Waals surface area contributed by atoms with Crippen LogP contribution in [0.15, 0.2) is 65.0 Å². The van der Waals surface area contributed by atoms with Crippen LogP contribution >= 0.6 is 0 Å². The summed E-state index contributed by atoms with van der Waals surface area (Å²) in [6.45, 7) is 0.441. The fourth-order valence-corrected chi connectivity index (χ4v) is 2.37. The molecule has 1 aliphatic carbocycles. The van der Waals surface area contributed by atoms with Gasteiger partial charge in [0.2, 0.25) is 0 Å². The first-order valence-electron chi connectivity index (χ1n) is 7.01. The molecular weight excluding hydrogens is 286 g/mol. The summed E-state index contributed by atoms with van der Waals surface area (Å²) in [7, 11) is 0. The largest absolute Gasteiger partial charge is 0.298 e. The van der Waals surface area contributed by atoms with E-state index in [1.165, 1.54) is 41.2 Å². The van der Waals surface area contributed by atoms with Gasteiger partial charge < -0.3 is 0 Å². The number of hydrogen-bond donors (Lipinski definition) is 0. The molecule has 0 fully saturated rings. The Balaban J connectivity index is 1.82. The molecule has 22 heavy (non-hydrogen) atoms. The van der Waals surface area contributed by atoms with Gasteiger partial charge in [0.15, 0.2) is 0 Å². The van der Waals surface area contributed by atoms with Crippen molar-refractivity contribution in [2.75, 3.05) is 0 Å². The van der Waals surface area contributed by atoms with E-state index in [0.717, 1.165) is 5.57 Å². The summed E-state index contributed by atoms with van der Waals surface area (Å²) < 4.78 is 27.7. The van der Waals surface area contributed by atoms with Crippen LogP contribution in [0.1, 0.15) is 12.8 Å². The van der Waals surface area contributed by atoms with E-state index >= 15 is 0 Å². The van der Waals surface area contributed by atoms with E-state index in [1.807, 2.05) is 6.08 Å². The molecule has 1 aliphatic rings. The molecule has 0 unspecified atom stereocenters. The van der Waals surface area contributed by atoms with Crippen molar-refractivity contribution < 1.29 is 8.78 Å². The molecule has 0 aliphatic heterocycles. The Bertz CT molecular complexity index is 863. The van der Waals surface area contributed by atoms with E-state index in [9.17, 15) is 13.6 Å². The van der Waals surface area contributed by atoms with Crippen LogP contribution in [0.5, 0.6) is 0 Å². The van der Waals surface area contributed by atoms with Gasteiger partial charge in [-0.05, 0) is 42.7 Å². The average Bonchev–Trinajstić information content (AvgIpc) is 2.71. The van der Waals surface area contributed by atoms with Crippen LogP contribution in [0.4, 0.5) is 8.78 Å². The van der Waals surface area contributed by atoms with Crippen molar-refractivity contribution in [2.45, 2.75) is 19.4 Å². The number of aromatic nitrogens is 2. The maximum absolute atomic E-state index is 13.1. The second-order valence-electron chi connectivity index (χ2n) is 5.09. The molecule has 0 radical (unpaired) electrons. The van der Waals surface area contributed by atoms with Crippen molar-refractivity contribution in [3.05, 3.63) is 76.4 Å². The summed E-state index contributed by atoms with van der Waals surface area (Å²) in [6.07, 6.45) is 9.13. The lowest BCUT2D eigenvalue weighted by Crippen LogP contribution is -2.20. The van der Waals surface area contributed by atoms with Gasteiger partial charge in [-0.15, -0.1) is 0 Å². The summed E-state index contributed by atoms with van der Waals surface area (Å²) in [5.41, 5.74) is 1.11. The van der Waals surface area contributed by atoms with Gasteiger partial charge in [-0.2, -0.15) is 0 Å². The van der Waals surface area contributed by atoms with Crippen molar-refractivity contribution in [3.8, 4) is 0 Å². The predicted octanol–water partition coefficient (Wildman–Crippen LogP) is 3.67. The number of halogens is 2. The Hall–Kier alpha value is -2.56. The minimum Gasteiger partial charge on any atom is -0.298 e. The fraction of sp³-hybridized carbons (Fsp3) is 0.176. The SMILES string of the molecule is O=c1c2ccc(F)cc2ncn1CCC1=CCC=C(F)C=C1. The van der Waals surface area contributed by atoms with Gasteiger partial charge in [-0.1, -0.05) is 12.2 Å². The van der Waals surface area contributed by atoms with Gasteiger partial charge in [0, 0.05) is 12.6 Å². The molecule has 0 spiro atoms. The first kappa shape index (κ1) is 14.4. The van der Waals surface area contributed by atoms with Gasteiger partial charge in [0.25, 0.3) is 5.56 Å². The molecule has 0 saturated carbocycles.